The second kappa shape index (κ2) is 7.32. The van der Waals surface area contributed by atoms with Crippen molar-refractivity contribution in [3.8, 4) is 22.8 Å². The van der Waals surface area contributed by atoms with Gasteiger partial charge in [-0.25, -0.2) is 19.0 Å². The van der Waals surface area contributed by atoms with Crippen LogP contribution in [0.15, 0.2) is 73.2 Å². The molecule has 3 heterocycles. The summed E-state index contributed by atoms with van der Waals surface area (Å²) < 4.78 is 20.9. The molecule has 5 aromatic rings. The van der Waals surface area contributed by atoms with Crippen molar-refractivity contribution in [2.24, 2.45) is 0 Å². The van der Waals surface area contributed by atoms with Gasteiger partial charge in [0.05, 0.1) is 11.9 Å². The predicted molar refractivity (Wildman–Crippen MR) is 112 cm³/mol. The summed E-state index contributed by atoms with van der Waals surface area (Å²) in [6.45, 7) is 0.528. The number of hydrogen-bond acceptors (Lipinski definition) is 5. The molecule has 5 rings (SSSR count). The maximum atomic E-state index is 13.4. The Balaban J connectivity index is 1.51. The first-order valence-electron chi connectivity index (χ1n) is 9.30. The minimum atomic E-state index is -0.348. The number of nitrogens with zero attached hydrogens (tertiary/aromatic N) is 4. The average molecular weight is 400 g/mol. The zero-order valence-corrected chi connectivity index (χ0v) is 15.8. The van der Waals surface area contributed by atoms with E-state index in [4.69, 9.17) is 15.6 Å². The number of benzene rings is 2. The maximum absolute atomic E-state index is 13.4. The van der Waals surface area contributed by atoms with E-state index in [1.165, 1.54) is 18.5 Å². The van der Waals surface area contributed by atoms with Crippen LogP contribution in [-0.4, -0.2) is 24.7 Å². The number of H-pyrrole nitrogens is 1. The van der Waals surface area contributed by atoms with Crippen LogP contribution in [0.3, 0.4) is 0 Å². The first-order valence-corrected chi connectivity index (χ1v) is 9.30. The maximum Gasteiger partial charge on any atom is 0.164 e. The van der Waals surface area contributed by atoms with E-state index in [1.54, 1.807) is 28.9 Å². The fourth-order valence-electron chi connectivity index (χ4n) is 3.32. The molecule has 8 heteroatoms. The fourth-order valence-corrected chi connectivity index (χ4v) is 3.32. The molecular weight excluding hydrogens is 383 g/mol. The van der Waals surface area contributed by atoms with Crippen molar-refractivity contribution in [3.63, 3.8) is 0 Å². The van der Waals surface area contributed by atoms with Crippen LogP contribution in [0.4, 0.5) is 10.2 Å². The Morgan fingerprint density at radius 3 is 2.63 bits per heavy atom. The van der Waals surface area contributed by atoms with Crippen LogP contribution in [0.1, 0.15) is 5.69 Å². The Kier molecular flexibility index (Phi) is 4.36. The molecule has 7 nitrogen and oxygen atoms in total. The number of ether oxygens (including phenoxy) is 1. The van der Waals surface area contributed by atoms with Gasteiger partial charge in [0, 0.05) is 23.5 Å². The number of aromatic nitrogens is 5. The number of aromatic amines is 1. The molecule has 0 saturated heterocycles. The molecule has 0 aliphatic heterocycles. The van der Waals surface area contributed by atoms with Gasteiger partial charge in [-0.3, -0.25) is 0 Å². The molecule has 0 atom stereocenters. The lowest BCUT2D eigenvalue weighted by Crippen LogP contribution is -2.03. The van der Waals surface area contributed by atoms with Crippen molar-refractivity contribution in [3.05, 3.63) is 84.7 Å². The summed E-state index contributed by atoms with van der Waals surface area (Å²) in [4.78, 5) is 11.7. The van der Waals surface area contributed by atoms with Crippen LogP contribution >= 0.6 is 0 Å². The van der Waals surface area contributed by atoms with Gasteiger partial charge in [0.15, 0.2) is 5.65 Å². The van der Waals surface area contributed by atoms with Crippen molar-refractivity contribution in [2.75, 3.05) is 5.73 Å². The molecule has 30 heavy (non-hydrogen) atoms. The van der Waals surface area contributed by atoms with Gasteiger partial charge >= 0.3 is 0 Å². The molecule has 148 valence electrons. The highest BCUT2D eigenvalue weighted by Crippen LogP contribution is 2.32. The fraction of sp³-hybridized carbons (Fsp3) is 0.0455. The summed E-state index contributed by atoms with van der Waals surface area (Å²) in [6.07, 6.45) is 3.30. The third-order valence-electron chi connectivity index (χ3n) is 4.70. The van der Waals surface area contributed by atoms with E-state index >= 15 is 0 Å². The lowest BCUT2D eigenvalue weighted by Gasteiger charge is -2.06. The van der Waals surface area contributed by atoms with Gasteiger partial charge in [0.25, 0.3) is 0 Å². The van der Waals surface area contributed by atoms with Crippen LogP contribution in [0, 0.1) is 5.82 Å². The van der Waals surface area contributed by atoms with Crippen LogP contribution < -0.4 is 10.5 Å². The van der Waals surface area contributed by atoms with Gasteiger partial charge in [0.1, 0.15) is 35.2 Å². The van der Waals surface area contributed by atoms with Crippen molar-refractivity contribution >= 4 is 16.9 Å². The number of nitrogen functional groups attached to an aromatic ring is 1. The number of nitrogens with one attached hydrogen (secondary N) is 1. The Morgan fingerprint density at radius 1 is 1.00 bits per heavy atom. The zero-order valence-electron chi connectivity index (χ0n) is 15.8. The summed E-state index contributed by atoms with van der Waals surface area (Å²) in [7, 11) is 0. The number of nitrogens with two attached hydrogens (primary N) is 1. The first kappa shape index (κ1) is 17.9. The molecule has 3 N–H and O–H groups in total. The lowest BCUT2D eigenvalue weighted by atomic mass is 10.1. The summed E-state index contributed by atoms with van der Waals surface area (Å²) in [5.41, 5.74) is 9.35. The van der Waals surface area contributed by atoms with Crippen LogP contribution in [-0.2, 0) is 6.54 Å². The molecule has 0 unspecified atom stereocenters. The van der Waals surface area contributed by atoms with E-state index in [0.29, 0.717) is 40.6 Å². The van der Waals surface area contributed by atoms with Gasteiger partial charge in [-0.15, -0.1) is 0 Å². The van der Waals surface area contributed by atoms with E-state index in [0.717, 1.165) is 11.3 Å². The Hall–Kier alpha value is -4.20. The molecule has 0 spiro atoms. The Bertz CT molecular complexity index is 1310. The second-order valence-electron chi connectivity index (χ2n) is 6.74. The quantitative estimate of drug-likeness (QED) is 0.456. The summed E-state index contributed by atoms with van der Waals surface area (Å²) in [5, 5.41) is 5.44. The monoisotopic (exact) mass is 400 g/mol. The Labute approximate surface area is 171 Å². The molecule has 0 radical (unpaired) electrons. The van der Waals surface area contributed by atoms with Crippen molar-refractivity contribution < 1.29 is 9.13 Å². The zero-order chi connectivity index (χ0) is 20.5. The van der Waals surface area contributed by atoms with E-state index in [1.807, 2.05) is 30.5 Å². The molecule has 0 aliphatic carbocycles. The highest BCUT2D eigenvalue weighted by molar-refractivity contribution is 5.98. The third-order valence-corrected chi connectivity index (χ3v) is 4.70. The molecular formula is C22H17FN6O. The van der Waals surface area contributed by atoms with Crippen molar-refractivity contribution in [1.82, 2.24) is 24.7 Å². The summed E-state index contributed by atoms with van der Waals surface area (Å²) in [5.74, 6) is 1.04. The number of anilines is 1. The lowest BCUT2D eigenvalue weighted by molar-refractivity contribution is 0.477. The molecule has 0 aliphatic rings. The third kappa shape index (κ3) is 3.35. The molecule has 0 saturated carbocycles. The van der Waals surface area contributed by atoms with Crippen LogP contribution in [0.2, 0.25) is 0 Å². The molecule has 0 amide bonds. The standard InChI is InChI=1S/C22H17FN6O/c23-15-3-1-5-18(11-15)30-17-8-6-14(7-9-17)20-19-21(24)26-13-27-22(19)29(28-20)12-16-4-2-10-25-16/h1-11,13,25H,12H2,(H2,24,26,27). The number of fused-ring (bicyclic) bond motifs is 1. The van der Waals surface area contributed by atoms with E-state index < -0.39 is 0 Å². The van der Waals surface area contributed by atoms with Crippen molar-refractivity contribution in [1.29, 1.82) is 0 Å². The van der Waals surface area contributed by atoms with E-state index in [-0.39, 0.29) is 5.82 Å². The van der Waals surface area contributed by atoms with E-state index in [9.17, 15) is 4.39 Å². The minimum Gasteiger partial charge on any atom is -0.457 e. The van der Waals surface area contributed by atoms with Gasteiger partial charge in [0.2, 0.25) is 0 Å². The second-order valence-corrected chi connectivity index (χ2v) is 6.74. The number of rotatable bonds is 5. The first-order chi connectivity index (χ1) is 14.7. The topological polar surface area (TPSA) is 94.6 Å². The van der Waals surface area contributed by atoms with Gasteiger partial charge < -0.3 is 15.5 Å². The predicted octanol–water partition coefficient (Wildman–Crippen LogP) is 4.38. The van der Waals surface area contributed by atoms with Crippen LogP contribution in [0.5, 0.6) is 11.5 Å². The van der Waals surface area contributed by atoms with Crippen molar-refractivity contribution in [2.45, 2.75) is 6.54 Å². The van der Waals surface area contributed by atoms with E-state index in [2.05, 4.69) is 15.0 Å². The normalized spacial score (nSPS) is 11.1. The average Bonchev–Trinajstić information content (AvgIpc) is 3.38. The molecule has 0 bridgehead atoms. The largest absolute Gasteiger partial charge is 0.457 e. The Morgan fingerprint density at radius 2 is 1.87 bits per heavy atom. The molecule has 3 aromatic heterocycles. The highest BCUT2D eigenvalue weighted by atomic mass is 19.1. The minimum absolute atomic E-state index is 0.348. The van der Waals surface area contributed by atoms with Gasteiger partial charge in [-0.2, -0.15) is 5.10 Å². The molecule has 2 aromatic carbocycles. The summed E-state index contributed by atoms with van der Waals surface area (Å²) in [6, 6.07) is 17.3. The van der Waals surface area contributed by atoms with Crippen LogP contribution in [0.25, 0.3) is 22.3 Å². The van der Waals surface area contributed by atoms with Gasteiger partial charge in [-0.05, 0) is 48.5 Å². The highest BCUT2D eigenvalue weighted by Gasteiger charge is 2.17. The molecule has 0 fully saturated rings. The van der Waals surface area contributed by atoms with Gasteiger partial charge in [-0.1, -0.05) is 6.07 Å². The summed E-state index contributed by atoms with van der Waals surface area (Å²) >= 11 is 0. The number of hydrogen-bond donors (Lipinski definition) is 2. The smallest absolute Gasteiger partial charge is 0.164 e. The number of halogens is 1. The SMILES string of the molecule is Nc1ncnc2c1c(-c1ccc(Oc3cccc(F)c3)cc1)nn2Cc1ccc[nH]1.